The molecule has 1 N–H and O–H groups in total. The standard InChI is InChI=1S/C16H16ClNO3/c1-20-14-7-13(8-15(9-14)21-2)18-16(19)12-5-3-11(10-17)4-6-12/h3-9H,10H2,1-2H3,(H,18,19). The third-order valence-electron chi connectivity index (χ3n) is 2.98. The van der Waals surface area contributed by atoms with Crippen LogP contribution in [0.5, 0.6) is 11.5 Å². The summed E-state index contributed by atoms with van der Waals surface area (Å²) in [7, 11) is 3.12. The highest BCUT2D eigenvalue weighted by atomic mass is 35.5. The molecule has 21 heavy (non-hydrogen) atoms. The van der Waals surface area contributed by atoms with Crippen LogP contribution in [0.4, 0.5) is 5.69 Å². The Labute approximate surface area is 128 Å². The van der Waals surface area contributed by atoms with Crippen LogP contribution in [0.25, 0.3) is 0 Å². The summed E-state index contributed by atoms with van der Waals surface area (Å²) in [6.07, 6.45) is 0. The summed E-state index contributed by atoms with van der Waals surface area (Å²) in [4.78, 5) is 12.2. The Morgan fingerprint density at radius 2 is 1.62 bits per heavy atom. The molecule has 0 saturated heterocycles. The van der Waals surface area contributed by atoms with Gasteiger partial charge in [0.1, 0.15) is 11.5 Å². The molecule has 0 fully saturated rings. The Balaban J connectivity index is 2.18. The molecule has 0 aliphatic rings. The summed E-state index contributed by atoms with van der Waals surface area (Å²) >= 11 is 5.73. The summed E-state index contributed by atoms with van der Waals surface area (Å²) in [6.45, 7) is 0. The fourth-order valence-corrected chi connectivity index (χ4v) is 2.01. The highest BCUT2D eigenvalue weighted by Gasteiger charge is 2.08. The van der Waals surface area contributed by atoms with Gasteiger partial charge < -0.3 is 14.8 Å². The largest absolute Gasteiger partial charge is 0.497 e. The number of hydrogen-bond donors (Lipinski definition) is 1. The third kappa shape index (κ3) is 3.89. The van der Waals surface area contributed by atoms with Crippen molar-refractivity contribution >= 4 is 23.2 Å². The van der Waals surface area contributed by atoms with Crippen molar-refractivity contribution in [3.8, 4) is 11.5 Å². The SMILES string of the molecule is COc1cc(NC(=O)c2ccc(CCl)cc2)cc(OC)c1. The zero-order chi connectivity index (χ0) is 15.2. The van der Waals surface area contributed by atoms with Crippen LogP contribution in [-0.4, -0.2) is 20.1 Å². The van der Waals surface area contributed by atoms with E-state index in [0.29, 0.717) is 28.6 Å². The minimum absolute atomic E-state index is 0.202. The van der Waals surface area contributed by atoms with Crippen LogP contribution in [-0.2, 0) is 5.88 Å². The van der Waals surface area contributed by atoms with E-state index in [2.05, 4.69) is 5.32 Å². The van der Waals surface area contributed by atoms with Crippen LogP contribution < -0.4 is 14.8 Å². The number of benzene rings is 2. The number of hydrogen-bond acceptors (Lipinski definition) is 3. The van der Waals surface area contributed by atoms with E-state index in [0.717, 1.165) is 5.56 Å². The summed E-state index contributed by atoms with van der Waals surface area (Å²) in [5, 5.41) is 2.81. The second-order valence-electron chi connectivity index (χ2n) is 4.39. The van der Waals surface area contributed by atoms with Crippen LogP contribution >= 0.6 is 11.6 Å². The van der Waals surface area contributed by atoms with Gasteiger partial charge in [-0.1, -0.05) is 12.1 Å². The van der Waals surface area contributed by atoms with Crippen molar-refractivity contribution in [3.05, 3.63) is 53.6 Å². The number of ether oxygens (including phenoxy) is 2. The molecule has 0 aromatic heterocycles. The van der Waals surface area contributed by atoms with Gasteiger partial charge in [0.15, 0.2) is 0 Å². The maximum atomic E-state index is 12.2. The lowest BCUT2D eigenvalue weighted by molar-refractivity contribution is 0.102. The Hall–Kier alpha value is -2.20. The van der Waals surface area contributed by atoms with E-state index >= 15 is 0 Å². The number of amides is 1. The van der Waals surface area contributed by atoms with Crippen LogP contribution in [0.3, 0.4) is 0 Å². The predicted octanol–water partition coefficient (Wildman–Crippen LogP) is 3.69. The molecule has 2 aromatic carbocycles. The molecule has 5 heteroatoms. The van der Waals surface area contributed by atoms with Crippen LogP contribution in [0, 0.1) is 0 Å². The van der Waals surface area contributed by atoms with E-state index < -0.39 is 0 Å². The first-order valence-electron chi connectivity index (χ1n) is 6.35. The van der Waals surface area contributed by atoms with E-state index in [1.165, 1.54) is 0 Å². The van der Waals surface area contributed by atoms with E-state index in [9.17, 15) is 4.79 Å². The number of halogens is 1. The number of rotatable bonds is 5. The van der Waals surface area contributed by atoms with E-state index in [4.69, 9.17) is 21.1 Å². The average Bonchev–Trinajstić information content (AvgIpc) is 2.54. The van der Waals surface area contributed by atoms with Gasteiger partial charge in [0.2, 0.25) is 0 Å². The van der Waals surface area contributed by atoms with Gasteiger partial charge in [-0.25, -0.2) is 0 Å². The van der Waals surface area contributed by atoms with Crippen molar-refractivity contribution in [2.45, 2.75) is 5.88 Å². The summed E-state index contributed by atoms with van der Waals surface area (Å²) in [5.41, 5.74) is 2.14. The van der Waals surface area contributed by atoms with Gasteiger partial charge in [0.05, 0.1) is 14.2 Å². The van der Waals surface area contributed by atoms with Gasteiger partial charge in [0.25, 0.3) is 5.91 Å². The van der Waals surface area contributed by atoms with Crippen LogP contribution in [0.15, 0.2) is 42.5 Å². The number of anilines is 1. The van der Waals surface area contributed by atoms with E-state index in [1.54, 1.807) is 44.6 Å². The zero-order valence-corrected chi connectivity index (χ0v) is 12.6. The van der Waals surface area contributed by atoms with Gasteiger partial charge in [-0.15, -0.1) is 11.6 Å². The molecule has 0 unspecified atom stereocenters. The quantitative estimate of drug-likeness (QED) is 0.857. The van der Waals surface area contributed by atoms with Crippen molar-refractivity contribution in [1.29, 1.82) is 0 Å². The van der Waals surface area contributed by atoms with Crippen molar-refractivity contribution in [2.24, 2.45) is 0 Å². The molecule has 2 rings (SSSR count). The lowest BCUT2D eigenvalue weighted by Gasteiger charge is -2.10. The predicted molar refractivity (Wildman–Crippen MR) is 83.5 cm³/mol. The molecular formula is C16H16ClNO3. The monoisotopic (exact) mass is 305 g/mol. The maximum Gasteiger partial charge on any atom is 0.255 e. The normalized spacial score (nSPS) is 10.0. The second kappa shape index (κ2) is 6.99. The van der Waals surface area contributed by atoms with Crippen LogP contribution in [0.1, 0.15) is 15.9 Å². The molecule has 0 bridgehead atoms. The average molecular weight is 306 g/mol. The molecule has 0 spiro atoms. The summed E-state index contributed by atoms with van der Waals surface area (Å²) in [5.74, 6) is 1.45. The molecule has 0 aliphatic carbocycles. The molecule has 0 aliphatic heterocycles. The molecule has 0 radical (unpaired) electrons. The second-order valence-corrected chi connectivity index (χ2v) is 4.65. The number of methoxy groups -OCH3 is 2. The number of carbonyl (C=O) groups excluding carboxylic acids is 1. The first kappa shape index (κ1) is 15.2. The number of nitrogens with one attached hydrogen (secondary N) is 1. The highest BCUT2D eigenvalue weighted by molar-refractivity contribution is 6.17. The molecule has 0 atom stereocenters. The van der Waals surface area contributed by atoms with Crippen molar-refractivity contribution in [3.63, 3.8) is 0 Å². The smallest absolute Gasteiger partial charge is 0.255 e. The van der Waals surface area contributed by atoms with Gasteiger partial charge in [0, 0.05) is 35.3 Å². The molecule has 4 nitrogen and oxygen atoms in total. The molecule has 0 heterocycles. The van der Waals surface area contributed by atoms with Crippen molar-refractivity contribution < 1.29 is 14.3 Å². The third-order valence-corrected chi connectivity index (χ3v) is 3.29. The van der Waals surface area contributed by atoms with Gasteiger partial charge >= 0.3 is 0 Å². The minimum atomic E-state index is -0.202. The Bertz CT molecular complexity index is 604. The van der Waals surface area contributed by atoms with Crippen LogP contribution in [0.2, 0.25) is 0 Å². The lowest BCUT2D eigenvalue weighted by Crippen LogP contribution is -2.12. The van der Waals surface area contributed by atoms with E-state index in [1.807, 2.05) is 12.1 Å². The molecular weight excluding hydrogens is 290 g/mol. The molecule has 0 saturated carbocycles. The number of alkyl halides is 1. The van der Waals surface area contributed by atoms with Crippen molar-refractivity contribution in [1.82, 2.24) is 0 Å². The Morgan fingerprint density at radius 1 is 1.05 bits per heavy atom. The fraction of sp³-hybridized carbons (Fsp3) is 0.188. The topological polar surface area (TPSA) is 47.6 Å². The van der Waals surface area contributed by atoms with Gasteiger partial charge in [-0.3, -0.25) is 4.79 Å². The van der Waals surface area contributed by atoms with Gasteiger partial charge in [-0.2, -0.15) is 0 Å². The summed E-state index contributed by atoms with van der Waals surface area (Å²) in [6, 6.07) is 12.3. The highest BCUT2D eigenvalue weighted by Crippen LogP contribution is 2.26. The first-order valence-corrected chi connectivity index (χ1v) is 6.89. The summed E-state index contributed by atoms with van der Waals surface area (Å²) < 4.78 is 10.3. The molecule has 110 valence electrons. The fourth-order valence-electron chi connectivity index (χ4n) is 1.83. The lowest BCUT2D eigenvalue weighted by atomic mass is 10.1. The minimum Gasteiger partial charge on any atom is -0.497 e. The van der Waals surface area contributed by atoms with Gasteiger partial charge in [-0.05, 0) is 17.7 Å². The van der Waals surface area contributed by atoms with E-state index in [-0.39, 0.29) is 5.91 Å². The first-order chi connectivity index (χ1) is 10.2. The maximum absolute atomic E-state index is 12.2. The molecule has 2 aromatic rings. The Kier molecular flexibility index (Phi) is 5.06. The van der Waals surface area contributed by atoms with Crippen molar-refractivity contribution in [2.75, 3.05) is 19.5 Å². The number of carbonyl (C=O) groups is 1. The Morgan fingerprint density at radius 3 is 2.10 bits per heavy atom. The zero-order valence-electron chi connectivity index (χ0n) is 11.9. The molecule has 1 amide bonds.